The molecule has 1 aliphatic heterocycles. The zero-order valence-electron chi connectivity index (χ0n) is 21.7. The SMILES string of the molecule is C=C/C(PC)=C(\N=C(/C)Nc1ccc(C)cc1)NC(CC)CO.C=O.ONCCN1CCPCC1. The van der Waals surface area contributed by atoms with Gasteiger partial charge in [0.1, 0.15) is 18.4 Å². The molecule has 1 heterocycles. The van der Waals surface area contributed by atoms with E-state index < -0.39 is 0 Å². The highest BCUT2D eigenvalue weighted by Gasteiger charge is 2.10. The maximum atomic E-state index is 9.42. The number of aryl methyl sites for hydroxylation is 1. The lowest BCUT2D eigenvalue weighted by Crippen LogP contribution is -2.36. The Labute approximate surface area is 215 Å². The number of rotatable bonds is 11. The Bertz CT molecular complexity index is 750. The first-order valence-corrected chi connectivity index (χ1v) is 14.8. The molecule has 198 valence electrons. The summed E-state index contributed by atoms with van der Waals surface area (Å²) in [7, 11) is 1.75. The minimum atomic E-state index is -0.00720. The first kappa shape index (κ1) is 33.3. The van der Waals surface area contributed by atoms with Gasteiger partial charge in [0.05, 0.1) is 12.6 Å². The Balaban J connectivity index is 0.000000798. The van der Waals surface area contributed by atoms with Gasteiger partial charge < -0.3 is 30.6 Å². The average Bonchev–Trinajstić information content (AvgIpc) is 2.90. The highest BCUT2D eigenvalue weighted by molar-refractivity contribution is 7.42. The van der Waals surface area contributed by atoms with E-state index in [0.29, 0.717) is 15.1 Å². The molecule has 0 spiro atoms. The van der Waals surface area contributed by atoms with Crippen molar-refractivity contribution in [1.82, 2.24) is 15.7 Å². The molecule has 0 saturated carbocycles. The van der Waals surface area contributed by atoms with Crippen LogP contribution in [0.5, 0.6) is 0 Å². The molecule has 0 bridgehead atoms. The zero-order chi connectivity index (χ0) is 26.5. The second kappa shape index (κ2) is 21.6. The molecule has 1 saturated heterocycles. The molecule has 8 nitrogen and oxygen atoms in total. The second-order valence-electron chi connectivity index (χ2n) is 7.84. The van der Waals surface area contributed by atoms with Crippen LogP contribution in [0.3, 0.4) is 0 Å². The number of aliphatic hydroxyl groups excluding tert-OH is 1. The van der Waals surface area contributed by atoms with E-state index >= 15 is 0 Å². The number of anilines is 1. The van der Waals surface area contributed by atoms with Crippen LogP contribution in [0.25, 0.3) is 0 Å². The summed E-state index contributed by atoms with van der Waals surface area (Å²) in [6.45, 7) is 18.2. The number of aliphatic hydroxyl groups is 1. The molecule has 5 N–H and O–H groups in total. The predicted octanol–water partition coefficient (Wildman–Crippen LogP) is 3.62. The van der Waals surface area contributed by atoms with Crippen LogP contribution >= 0.6 is 17.2 Å². The van der Waals surface area contributed by atoms with Crippen LogP contribution in [0.4, 0.5) is 5.69 Å². The monoisotopic (exact) mass is 525 g/mol. The van der Waals surface area contributed by atoms with E-state index in [1.165, 1.54) is 39.6 Å². The van der Waals surface area contributed by atoms with Crippen molar-refractivity contribution in [1.29, 1.82) is 0 Å². The molecular weight excluding hydrogens is 480 g/mol. The van der Waals surface area contributed by atoms with Crippen LogP contribution in [0.1, 0.15) is 25.8 Å². The van der Waals surface area contributed by atoms with Crippen molar-refractivity contribution in [2.24, 2.45) is 4.99 Å². The molecule has 1 fully saturated rings. The van der Waals surface area contributed by atoms with Gasteiger partial charge in [-0.1, -0.05) is 45.9 Å². The smallest absolute Gasteiger partial charge is 0.135 e. The van der Waals surface area contributed by atoms with Gasteiger partial charge in [-0.15, -0.1) is 8.58 Å². The average molecular weight is 526 g/mol. The molecule has 1 aromatic carbocycles. The number of nitrogens with one attached hydrogen (secondary N) is 3. The molecular formula is C25H45N5O3P2. The van der Waals surface area contributed by atoms with Crippen LogP contribution in [0, 0.1) is 6.92 Å². The number of allylic oxidation sites excluding steroid dienone is 2. The number of amidine groups is 1. The Morgan fingerprint density at radius 1 is 1.29 bits per heavy atom. The summed E-state index contributed by atoms with van der Waals surface area (Å²) in [4.78, 5) is 15.1. The number of carbonyl (C=O) groups excluding carboxylic acids is 1. The highest BCUT2D eigenvalue weighted by atomic mass is 31.1. The van der Waals surface area contributed by atoms with Gasteiger partial charge in [-0.3, -0.25) is 0 Å². The Morgan fingerprint density at radius 3 is 2.40 bits per heavy atom. The van der Waals surface area contributed by atoms with Gasteiger partial charge in [0.15, 0.2) is 0 Å². The van der Waals surface area contributed by atoms with Gasteiger partial charge in [-0.05, 0) is 51.4 Å². The number of hydrogen-bond donors (Lipinski definition) is 5. The van der Waals surface area contributed by atoms with Gasteiger partial charge in [0.2, 0.25) is 0 Å². The summed E-state index contributed by atoms with van der Waals surface area (Å²) in [5.74, 6) is 1.57. The predicted molar refractivity (Wildman–Crippen MR) is 155 cm³/mol. The molecule has 2 rings (SSSR count). The van der Waals surface area contributed by atoms with E-state index in [2.05, 4.69) is 58.3 Å². The summed E-state index contributed by atoms with van der Waals surface area (Å²) in [6.07, 6.45) is 5.36. The van der Waals surface area contributed by atoms with Gasteiger partial charge in [-0.2, -0.15) is 0 Å². The lowest BCUT2D eigenvalue weighted by Gasteiger charge is -2.25. The fourth-order valence-electron chi connectivity index (χ4n) is 3.14. The molecule has 0 aromatic heterocycles. The zero-order valence-corrected chi connectivity index (χ0v) is 23.7. The van der Waals surface area contributed by atoms with Crippen molar-refractivity contribution >= 4 is 35.5 Å². The third kappa shape index (κ3) is 15.1. The van der Waals surface area contributed by atoms with E-state index in [-0.39, 0.29) is 12.6 Å². The van der Waals surface area contributed by atoms with E-state index in [1.54, 1.807) is 0 Å². The number of aliphatic imine (C=N–C) groups is 1. The Kier molecular flexibility index (Phi) is 20.6. The van der Waals surface area contributed by atoms with Gasteiger partial charge >= 0.3 is 0 Å². The summed E-state index contributed by atoms with van der Waals surface area (Å²) >= 11 is 0. The number of hydrogen-bond acceptors (Lipinski definition) is 7. The standard InChI is InChI=1S/C18H28N3OP.C6H15N2OP.CH2O/c1-6-15(12-22)21-18(17(7-2)23-5)20-14(4)19-16-10-8-13(3)9-11-16;9-7-1-2-8-3-5-10-6-4-8;1-2/h7-11,15,21-23H,2,6,12H2,1,3-5H3,(H,19,20);7,9-10H,1-6H2;1H2/b18-17-;;. The quantitative estimate of drug-likeness (QED) is 0.0987. The normalized spacial score (nSPS) is 15.8. The van der Waals surface area contributed by atoms with Crippen molar-refractivity contribution in [2.45, 2.75) is 33.2 Å². The van der Waals surface area contributed by atoms with Crippen LogP contribution in [0.2, 0.25) is 0 Å². The third-order valence-corrected chi connectivity index (χ3v) is 7.32. The van der Waals surface area contributed by atoms with E-state index in [4.69, 9.17) is 10.0 Å². The van der Waals surface area contributed by atoms with Crippen molar-refractivity contribution in [3.63, 3.8) is 0 Å². The lowest BCUT2D eigenvalue weighted by atomic mass is 10.2. The summed E-state index contributed by atoms with van der Waals surface area (Å²) in [5, 5.41) is 25.4. The highest BCUT2D eigenvalue weighted by Crippen LogP contribution is 2.24. The number of hydroxylamine groups is 1. The van der Waals surface area contributed by atoms with Crippen molar-refractivity contribution in [2.75, 3.05) is 57.1 Å². The maximum Gasteiger partial charge on any atom is 0.135 e. The number of benzene rings is 1. The van der Waals surface area contributed by atoms with Gasteiger partial charge in [0, 0.05) is 37.2 Å². The van der Waals surface area contributed by atoms with E-state index in [0.717, 1.165) is 35.6 Å². The number of nitrogens with zero attached hydrogens (tertiary/aromatic N) is 2. The van der Waals surface area contributed by atoms with Crippen molar-refractivity contribution in [3.05, 3.63) is 53.6 Å². The first-order chi connectivity index (χ1) is 17.0. The number of carbonyl (C=O) groups is 1. The fraction of sp³-hybridized carbons (Fsp3) is 0.520. The van der Waals surface area contributed by atoms with Crippen LogP contribution < -0.4 is 16.1 Å². The molecule has 0 amide bonds. The Morgan fingerprint density at radius 2 is 1.91 bits per heavy atom. The van der Waals surface area contributed by atoms with E-state index in [1.807, 2.05) is 38.8 Å². The summed E-state index contributed by atoms with van der Waals surface area (Å²) < 4.78 is 0. The summed E-state index contributed by atoms with van der Waals surface area (Å²) in [6, 6.07) is 8.18. The van der Waals surface area contributed by atoms with Crippen LogP contribution in [0.15, 0.2) is 53.0 Å². The summed E-state index contributed by atoms with van der Waals surface area (Å²) in [5.41, 5.74) is 4.40. The largest absolute Gasteiger partial charge is 0.394 e. The molecule has 2 atom stereocenters. The van der Waals surface area contributed by atoms with Gasteiger partial charge in [0.25, 0.3) is 0 Å². The van der Waals surface area contributed by atoms with Gasteiger partial charge in [-0.25, -0.2) is 10.5 Å². The fourth-order valence-corrected chi connectivity index (χ4v) is 4.91. The van der Waals surface area contributed by atoms with Crippen molar-refractivity contribution < 1.29 is 15.1 Å². The lowest BCUT2D eigenvalue weighted by molar-refractivity contribution is -0.0980. The molecule has 1 aliphatic rings. The molecule has 35 heavy (non-hydrogen) atoms. The minimum absolute atomic E-state index is 0.00720. The minimum Gasteiger partial charge on any atom is -0.394 e. The first-order valence-electron chi connectivity index (χ1n) is 11.9. The maximum absolute atomic E-state index is 9.42. The van der Waals surface area contributed by atoms with Crippen LogP contribution in [-0.2, 0) is 4.79 Å². The van der Waals surface area contributed by atoms with Crippen molar-refractivity contribution in [3.8, 4) is 0 Å². The second-order valence-corrected chi connectivity index (χ2v) is 10.4. The van der Waals surface area contributed by atoms with Crippen LogP contribution in [-0.4, -0.2) is 85.7 Å². The Hall–Kier alpha value is -1.66. The third-order valence-electron chi connectivity index (χ3n) is 5.19. The molecule has 2 unspecified atom stereocenters. The molecule has 1 aromatic rings. The molecule has 0 aliphatic carbocycles. The topological polar surface area (TPSA) is 109 Å². The molecule has 10 heteroatoms. The molecule has 0 radical (unpaired) electrons. The van der Waals surface area contributed by atoms with E-state index in [9.17, 15) is 5.11 Å².